The maximum Gasteiger partial charge on any atom is 0.115 e. The number of hydrogen-bond donors (Lipinski definition) is 0. The first-order valence-corrected chi connectivity index (χ1v) is 3.59. The van der Waals surface area contributed by atoms with Gasteiger partial charge in [0.15, 0.2) is 0 Å². The summed E-state index contributed by atoms with van der Waals surface area (Å²) in [7, 11) is 0. The van der Waals surface area contributed by atoms with Crippen molar-refractivity contribution >= 4 is 0 Å². The Morgan fingerprint density at radius 1 is 0.667 bits per heavy atom. The van der Waals surface area contributed by atoms with Gasteiger partial charge in [-0.3, -0.25) is 0 Å². The van der Waals surface area contributed by atoms with Gasteiger partial charge < -0.3 is 0 Å². The Morgan fingerprint density at radius 3 is 1.08 bits per heavy atom. The first kappa shape index (κ1) is 9.10. The molecule has 1 aromatic carbocycles. The van der Waals surface area contributed by atoms with Gasteiger partial charge in [-0.1, -0.05) is 18.2 Å². The summed E-state index contributed by atoms with van der Waals surface area (Å²) in [4.78, 5) is 0. The zero-order chi connectivity index (χ0) is 8.97. The van der Waals surface area contributed by atoms with Gasteiger partial charge in [0.25, 0.3) is 0 Å². The fourth-order valence-electron chi connectivity index (χ4n) is 1.07. The Hall–Kier alpha value is -0.990. The van der Waals surface area contributed by atoms with E-state index in [1.54, 1.807) is 0 Å². The lowest BCUT2D eigenvalue weighted by molar-refractivity contribution is 0.465. The monoisotopic (exact) mass is 174 g/mol. The minimum Gasteiger partial charge on any atom is -0.246 e. The van der Waals surface area contributed by atoms with Crippen LogP contribution in [0.15, 0.2) is 18.2 Å². The second kappa shape index (κ2) is 4.14. The topological polar surface area (TPSA) is 0 Å². The molecule has 0 saturated heterocycles. The summed E-state index contributed by atoms with van der Waals surface area (Å²) in [6.45, 7) is -2.04. The quantitative estimate of drug-likeness (QED) is 0.660. The maximum atomic E-state index is 12.1. The van der Waals surface area contributed by atoms with Crippen molar-refractivity contribution in [2.45, 2.75) is 20.0 Å². The zero-order valence-corrected chi connectivity index (χ0v) is 6.49. The lowest BCUT2D eigenvalue weighted by Crippen LogP contribution is -1.88. The first-order chi connectivity index (χ1) is 5.80. The lowest BCUT2D eigenvalue weighted by Gasteiger charge is -2.01. The van der Waals surface area contributed by atoms with Gasteiger partial charge in [-0.25, -0.2) is 13.2 Å². The van der Waals surface area contributed by atoms with Crippen molar-refractivity contribution in [1.82, 2.24) is 0 Å². The smallest absolute Gasteiger partial charge is 0.115 e. The average Bonchev–Trinajstić information content (AvgIpc) is 2.16. The number of halogens is 3. The summed E-state index contributed by atoms with van der Waals surface area (Å²) in [5, 5.41) is 0. The van der Waals surface area contributed by atoms with Crippen LogP contribution < -0.4 is 0 Å². The third-order valence-electron chi connectivity index (χ3n) is 1.58. The van der Waals surface area contributed by atoms with Crippen molar-refractivity contribution in [1.29, 1.82) is 0 Å². The predicted molar refractivity (Wildman–Crippen MR) is 40.9 cm³/mol. The molecule has 0 heterocycles. The molecule has 0 aliphatic carbocycles. The second-order valence-electron chi connectivity index (χ2n) is 2.56. The van der Waals surface area contributed by atoms with Crippen LogP contribution in [0, 0.1) is 0 Å². The molecule has 66 valence electrons. The molecule has 0 bridgehead atoms. The van der Waals surface area contributed by atoms with Gasteiger partial charge in [0.1, 0.15) is 20.0 Å². The Morgan fingerprint density at radius 2 is 0.917 bits per heavy atom. The molecule has 0 radical (unpaired) electrons. The lowest BCUT2D eigenvalue weighted by atomic mass is 10.1. The molecule has 0 aromatic heterocycles. The van der Waals surface area contributed by atoms with Gasteiger partial charge in [0.05, 0.1) is 0 Å². The molecule has 0 unspecified atom stereocenters. The molecule has 12 heavy (non-hydrogen) atoms. The molecule has 0 saturated carbocycles. The van der Waals surface area contributed by atoms with Gasteiger partial charge in [-0.05, 0) is 16.7 Å². The van der Waals surface area contributed by atoms with Crippen LogP contribution >= 0.6 is 0 Å². The molecule has 1 rings (SSSR count). The van der Waals surface area contributed by atoms with Crippen LogP contribution in [0.1, 0.15) is 16.7 Å². The molecule has 0 amide bonds. The minimum absolute atomic E-state index is 0.331. The molecular formula is C9H9F3. The number of rotatable bonds is 3. The van der Waals surface area contributed by atoms with E-state index in [4.69, 9.17) is 0 Å². The molecule has 0 aliphatic heterocycles. The first-order valence-electron chi connectivity index (χ1n) is 3.59. The van der Waals surface area contributed by atoms with E-state index in [0.717, 1.165) is 0 Å². The number of hydrogen-bond acceptors (Lipinski definition) is 0. The zero-order valence-electron chi connectivity index (χ0n) is 6.49. The largest absolute Gasteiger partial charge is 0.246 e. The third-order valence-corrected chi connectivity index (χ3v) is 1.58. The van der Waals surface area contributed by atoms with Crippen molar-refractivity contribution in [3.05, 3.63) is 34.9 Å². The summed E-state index contributed by atoms with van der Waals surface area (Å²) in [6, 6.07) is 4.21. The van der Waals surface area contributed by atoms with E-state index in [1.165, 1.54) is 18.2 Å². The van der Waals surface area contributed by atoms with Gasteiger partial charge >= 0.3 is 0 Å². The maximum absolute atomic E-state index is 12.1. The van der Waals surface area contributed by atoms with Gasteiger partial charge in [-0.15, -0.1) is 0 Å². The fourth-order valence-corrected chi connectivity index (χ4v) is 1.07. The van der Waals surface area contributed by atoms with E-state index in [1.807, 2.05) is 0 Å². The van der Waals surface area contributed by atoms with Gasteiger partial charge in [0, 0.05) is 0 Å². The SMILES string of the molecule is FCc1cc(CF)cc(CF)c1. The van der Waals surface area contributed by atoms with E-state index >= 15 is 0 Å². The van der Waals surface area contributed by atoms with Crippen LogP contribution in [-0.2, 0) is 20.0 Å². The van der Waals surface area contributed by atoms with Gasteiger partial charge in [0.2, 0.25) is 0 Å². The molecular weight excluding hydrogens is 165 g/mol. The molecule has 0 N–H and O–H groups in total. The predicted octanol–water partition coefficient (Wildman–Crippen LogP) is 3.10. The highest BCUT2D eigenvalue weighted by Crippen LogP contribution is 2.13. The number of alkyl halides is 3. The van der Waals surface area contributed by atoms with E-state index in [9.17, 15) is 13.2 Å². The van der Waals surface area contributed by atoms with E-state index in [2.05, 4.69) is 0 Å². The highest BCUT2D eigenvalue weighted by molar-refractivity contribution is 5.29. The third kappa shape index (κ3) is 2.00. The summed E-state index contributed by atoms with van der Waals surface area (Å²) in [5.74, 6) is 0. The summed E-state index contributed by atoms with van der Waals surface area (Å²) < 4.78 is 36.3. The molecule has 0 aliphatic rings. The normalized spacial score (nSPS) is 10.2. The van der Waals surface area contributed by atoms with Crippen LogP contribution in [0.3, 0.4) is 0 Å². The molecule has 1 aromatic rings. The molecule has 0 spiro atoms. The van der Waals surface area contributed by atoms with Crippen LogP contribution in [0.2, 0.25) is 0 Å². The van der Waals surface area contributed by atoms with Crippen LogP contribution in [-0.4, -0.2) is 0 Å². The Labute approximate surface area is 69.0 Å². The van der Waals surface area contributed by atoms with Crippen molar-refractivity contribution < 1.29 is 13.2 Å². The molecule has 3 heteroatoms. The Bertz CT molecular complexity index is 203. The van der Waals surface area contributed by atoms with Crippen molar-refractivity contribution in [2.24, 2.45) is 0 Å². The van der Waals surface area contributed by atoms with Crippen molar-refractivity contribution in [3.63, 3.8) is 0 Å². The Balaban J connectivity index is 3.01. The van der Waals surface area contributed by atoms with E-state index in [-0.39, 0.29) is 0 Å². The second-order valence-corrected chi connectivity index (χ2v) is 2.56. The summed E-state index contributed by atoms with van der Waals surface area (Å²) in [6.07, 6.45) is 0. The van der Waals surface area contributed by atoms with Crippen LogP contribution in [0.4, 0.5) is 13.2 Å². The Kier molecular flexibility index (Phi) is 3.14. The summed E-state index contributed by atoms with van der Waals surface area (Å²) >= 11 is 0. The van der Waals surface area contributed by atoms with Gasteiger partial charge in [-0.2, -0.15) is 0 Å². The standard InChI is InChI=1S/C9H9F3/c10-4-7-1-8(5-11)3-9(2-7)6-12/h1-3H,4-6H2. The highest BCUT2D eigenvalue weighted by Gasteiger charge is 2.00. The van der Waals surface area contributed by atoms with E-state index < -0.39 is 20.0 Å². The number of benzene rings is 1. The molecule has 0 atom stereocenters. The van der Waals surface area contributed by atoms with Crippen molar-refractivity contribution in [3.8, 4) is 0 Å². The molecule has 0 nitrogen and oxygen atoms in total. The minimum atomic E-state index is -0.680. The van der Waals surface area contributed by atoms with Crippen LogP contribution in [0.5, 0.6) is 0 Å². The van der Waals surface area contributed by atoms with Crippen molar-refractivity contribution in [2.75, 3.05) is 0 Å². The summed E-state index contributed by atoms with van der Waals surface area (Å²) in [5.41, 5.74) is 0.994. The molecule has 0 fully saturated rings. The van der Waals surface area contributed by atoms with Crippen LogP contribution in [0.25, 0.3) is 0 Å². The van der Waals surface area contributed by atoms with E-state index in [0.29, 0.717) is 16.7 Å². The fraction of sp³-hybridized carbons (Fsp3) is 0.333. The highest BCUT2D eigenvalue weighted by atomic mass is 19.1. The average molecular weight is 174 g/mol.